The van der Waals surface area contributed by atoms with Crippen molar-refractivity contribution in [1.29, 1.82) is 0 Å². The fraction of sp³-hybridized carbons (Fsp3) is 0.300. The molecule has 0 aliphatic carbocycles. The summed E-state index contributed by atoms with van der Waals surface area (Å²) in [7, 11) is 0. The lowest BCUT2D eigenvalue weighted by molar-refractivity contribution is -0.127. The van der Waals surface area contributed by atoms with Gasteiger partial charge in [-0.3, -0.25) is 14.9 Å². The van der Waals surface area contributed by atoms with E-state index in [0.29, 0.717) is 22.3 Å². The molecule has 0 unspecified atom stereocenters. The first-order valence-electron chi connectivity index (χ1n) is 9.03. The zero-order valence-corrected chi connectivity index (χ0v) is 17.7. The first kappa shape index (κ1) is 18.4. The van der Waals surface area contributed by atoms with E-state index in [4.69, 9.17) is 23.2 Å². The van der Waals surface area contributed by atoms with Gasteiger partial charge < -0.3 is 10.6 Å². The van der Waals surface area contributed by atoms with Crippen LogP contribution in [0, 0.1) is 5.92 Å². The van der Waals surface area contributed by atoms with Gasteiger partial charge in [-0.15, -0.1) is 0 Å². The monoisotopic (exact) mass is 479 g/mol. The maximum Gasteiger partial charge on any atom is 0.250 e. The minimum atomic E-state index is -1.05. The van der Waals surface area contributed by atoms with Crippen molar-refractivity contribution in [3.8, 4) is 0 Å². The Kier molecular flexibility index (Phi) is 4.25. The molecule has 4 atom stereocenters. The van der Waals surface area contributed by atoms with Crippen LogP contribution in [-0.4, -0.2) is 24.4 Å². The zero-order valence-electron chi connectivity index (χ0n) is 14.6. The summed E-state index contributed by atoms with van der Waals surface area (Å²) in [5.41, 5.74) is 1.27. The van der Waals surface area contributed by atoms with E-state index >= 15 is 0 Å². The van der Waals surface area contributed by atoms with Gasteiger partial charge in [0, 0.05) is 44.3 Å². The predicted molar refractivity (Wildman–Crippen MR) is 112 cm³/mol. The van der Waals surface area contributed by atoms with Gasteiger partial charge in [0.1, 0.15) is 5.54 Å². The summed E-state index contributed by atoms with van der Waals surface area (Å²) in [6.07, 6.45) is 0.757. The molecule has 28 heavy (non-hydrogen) atoms. The molecule has 3 N–H and O–H groups in total. The highest BCUT2D eigenvalue weighted by atomic mass is 79.9. The number of benzene rings is 2. The van der Waals surface area contributed by atoms with Crippen LogP contribution >= 0.6 is 39.1 Å². The lowest BCUT2D eigenvalue weighted by Gasteiger charge is -2.32. The van der Waals surface area contributed by atoms with Crippen LogP contribution in [0.2, 0.25) is 10.0 Å². The minimum absolute atomic E-state index is 0.0445. The second kappa shape index (κ2) is 6.46. The Morgan fingerprint density at radius 3 is 2.68 bits per heavy atom. The molecular weight excluding hydrogens is 465 g/mol. The van der Waals surface area contributed by atoms with Crippen molar-refractivity contribution in [3.05, 3.63) is 62.0 Å². The summed E-state index contributed by atoms with van der Waals surface area (Å²) in [5.74, 6) is -1.01. The van der Waals surface area contributed by atoms with Crippen LogP contribution in [-0.2, 0) is 15.1 Å². The fourth-order valence-electron chi connectivity index (χ4n) is 5.00. The Morgan fingerprint density at radius 1 is 1.07 bits per heavy atom. The molecule has 2 amide bonds. The number of hydrogen-bond acceptors (Lipinski definition) is 3. The van der Waals surface area contributed by atoms with Crippen molar-refractivity contribution < 1.29 is 9.59 Å². The topological polar surface area (TPSA) is 70.2 Å². The number of anilines is 1. The summed E-state index contributed by atoms with van der Waals surface area (Å²) < 4.78 is 0.805. The smallest absolute Gasteiger partial charge is 0.250 e. The van der Waals surface area contributed by atoms with E-state index in [1.807, 2.05) is 18.2 Å². The highest BCUT2D eigenvalue weighted by molar-refractivity contribution is 9.10. The molecule has 2 fully saturated rings. The van der Waals surface area contributed by atoms with Gasteiger partial charge in [-0.2, -0.15) is 0 Å². The molecule has 0 radical (unpaired) electrons. The van der Waals surface area contributed by atoms with Crippen molar-refractivity contribution in [3.63, 3.8) is 0 Å². The molecule has 5 rings (SSSR count). The Hall–Kier alpha value is -1.60. The molecule has 2 aromatic rings. The average Bonchev–Trinajstić information content (AvgIpc) is 3.10. The molecule has 0 saturated carbocycles. The number of rotatable bonds is 1. The van der Waals surface area contributed by atoms with Gasteiger partial charge in [-0.25, -0.2) is 0 Å². The zero-order chi connectivity index (χ0) is 19.6. The van der Waals surface area contributed by atoms with Crippen molar-refractivity contribution in [1.82, 2.24) is 10.6 Å². The molecule has 3 aliphatic heterocycles. The summed E-state index contributed by atoms with van der Waals surface area (Å²) >= 11 is 16.0. The minimum Gasteiger partial charge on any atom is -0.356 e. The number of hydrogen-bond donors (Lipinski definition) is 3. The Balaban J connectivity index is 1.77. The third-order valence-corrected chi connectivity index (χ3v) is 6.90. The quantitative estimate of drug-likeness (QED) is 0.581. The third kappa shape index (κ3) is 2.55. The van der Waals surface area contributed by atoms with Crippen LogP contribution in [0.15, 0.2) is 40.9 Å². The number of carbonyl (C=O) groups excluding carboxylic acids is 2. The van der Waals surface area contributed by atoms with Gasteiger partial charge in [-0.05, 0) is 42.3 Å². The van der Waals surface area contributed by atoms with E-state index in [1.165, 1.54) is 0 Å². The molecule has 8 heteroatoms. The molecule has 3 aliphatic rings. The summed E-state index contributed by atoms with van der Waals surface area (Å²) in [6, 6.07) is 10.8. The number of fused-ring (bicyclic) bond motifs is 3. The maximum atomic E-state index is 13.4. The lowest BCUT2D eigenvalue weighted by atomic mass is 9.70. The van der Waals surface area contributed by atoms with E-state index in [9.17, 15) is 9.59 Å². The molecule has 2 saturated heterocycles. The first-order chi connectivity index (χ1) is 13.4. The SMILES string of the molecule is O=C1NCC[C@@H]2N[C@@]3(C(=O)Nc4cc(Cl)ccc43)[C@@H](c3cc(Cl)cc(Br)c3)[C@H]12. The van der Waals surface area contributed by atoms with Crippen molar-refractivity contribution in [2.24, 2.45) is 5.92 Å². The summed E-state index contributed by atoms with van der Waals surface area (Å²) in [6.45, 7) is 0.587. The number of carbonyl (C=O) groups is 2. The molecule has 2 aromatic carbocycles. The van der Waals surface area contributed by atoms with E-state index in [-0.39, 0.29) is 23.8 Å². The highest BCUT2D eigenvalue weighted by Gasteiger charge is 2.64. The van der Waals surface area contributed by atoms with Crippen molar-refractivity contribution in [2.75, 3.05) is 11.9 Å². The van der Waals surface area contributed by atoms with E-state index in [2.05, 4.69) is 31.9 Å². The normalized spacial score (nSPS) is 30.8. The number of halogens is 3. The van der Waals surface area contributed by atoms with Crippen LogP contribution in [0.5, 0.6) is 0 Å². The van der Waals surface area contributed by atoms with Crippen LogP contribution in [0.1, 0.15) is 23.5 Å². The van der Waals surface area contributed by atoms with Gasteiger partial charge in [0.2, 0.25) is 11.8 Å². The van der Waals surface area contributed by atoms with E-state index in [1.54, 1.807) is 18.2 Å². The third-order valence-electron chi connectivity index (χ3n) is 5.99. The average molecular weight is 481 g/mol. The number of piperidine rings is 1. The van der Waals surface area contributed by atoms with Gasteiger partial charge >= 0.3 is 0 Å². The molecule has 0 bridgehead atoms. The Bertz CT molecular complexity index is 1010. The second-order valence-electron chi connectivity index (χ2n) is 7.49. The van der Waals surface area contributed by atoms with Gasteiger partial charge in [0.15, 0.2) is 0 Å². The van der Waals surface area contributed by atoms with E-state index < -0.39 is 11.5 Å². The standard InChI is InChI=1S/C20H16BrCl2N3O2/c21-10-5-9(6-12(23)7-10)17-16-14(3-4-24-18(16)27)26-20(17)13-2-1-11(22)8-15(13)25-19(20)28/h1-2,5-8,14,16-17,26H,3-4H2,(H,24,27)(H,25,28)/t14-,16+,17-,20+/m0/s1. The predicted octanol–water partition coefficient (Wildman–Crippen LogP) is 3.80. The molecule has 1 spiro atoms. The summed E-state index contributed by atoms with van der Waals surface area (Å²) in [4.78, 5) is 26.3. The largest absolute Gasteiger partial charge is 0.356 e. The first-order valence-corrected chi connectivity index (χ1v) is 10.6. The van der Waals surface area contributed by atoms with Gasteiger partial charge in [0.05, 0.1) is 5.92 Å². The van der Waals surface area contributed by atoms with Crippen molar-refractivity contribution in [2.45, 2.75) is 23.9 Å². The molecule has 144 valence electrons. The van der Waals surface area contributed by atoms with Gasteiger partial charge in [0.25, 0.3) is 0 Å². The summed E-state index contributed by atoms with van der Waals surface area (Å²) in [5, 5.41) is 10.6. The van der Waals surface area contributed by atoms with Crippen LogP contribution in [0.25, 0.3) is 0 Å². The fourth-order valence-corrected chi connectivity index (χ4v) is 6.06. The molecule has 3 heterocycles. The second-order valence-corrected chi connectivity index (χ2v) is 9.28. The maximum absolute atomic E-state index is 13.4. The van der Waals surface area contributed by atoms with Crippen LogP contribution in [0.4, 0.5) is 5.69 Å². The molecule has 5 nitrogen and oxygen atoms in total. The van der Waals surface area contributed by atoms with Gasteiger partial charge in [-0.1, -0.05) is 45.2 Å². The lowest BCUT2D eigenvalue weighted by Crippen LogP contribution is -2.49. The molecular formula is C20H16BrCl2N3O2. The highest BCUT2D eigenvalue weighted by Crippen LogP contribution is 2.55. The Morgan fingerprint density at radius 2 is 1.89 bits per heavy atom. The van der Waals surface area contributed by atoms with Crippen molar-refractivity contribution >= 4 is 56.6 Å². The number of nitrogens with one attached hydrogen (secondary N) is 3. The van der Waals surface area contributed by atoms with Crippen LogP contribution < -0.4 is 16.0 Å². The number of amides is 2. The van der Waals surface area contributed by atoms with E-state index in [0.717, 1.165) is 22.0 Å². The molecule has 0 aromatic heterocycles. The Labute approximate surface area is 180 Å². The van der Waals surface area contributed by atoms with Crippen LogP contribution in [0.3, 0.4) is 0 Å².